The maximum atomic E-state index is 12.9. The molecule has 0 fully saturated rings. The molecule has 248 valence electrons. The third-order valence-corrected chi connectivity index (χ3v) is 9.29. The van der Waals surface area contributed by atoms with Crippen LogP contribution in [0.15, 0.2) is 144 Å². The SMILES string of the molecule is CC(C)Oc1nn(Cc2ccc(-c3ccccc3-c3nnnn3C(c3ccccc3)(c3ccccc3)c3ccccc3)cc2)c(=O)c(Cl)c1Cl. The summed E-state index contributed by atoms with van der Waals surface area (Å²) in [6.45, 7) is 3.88. The average Bonchev–Trinajstić information content (AvgIpc) is 3.65. The van der Waals surface area contributed by atoms with Crippen molar-refractivity contribution in [1.29, 1.82) is 0 Å². The predicted molar refractivity (Wildman–Crippen MR) is 197 cm³/mol. The van der Waals surface area contributed by atoms with Crippen molar-refractivity contribution in [2.75, 3.05) is 0 Å². The van der Waals surface area contributed by atoms with Crippen molar-refractivity contribution in [3.05, 3.63) is 182 Å². The Labute approximate surface area is 299 Å². The van der Waals surface area contributed by atoms with Crippen LogP contribution in [0.3, 0.4) is 0 Å². The van der Waals surface area contributed by atoms with Gasteiger partial charge in [-0.1, -0.05) is 163 Å². The molecule has 0 radical (unpaired) electrons. The standard InChI is InChI=1S/C40H32Cl2N6O2/c1-27(2)50-38-35(41)36(42)39(49)47(44-38)26-28-22-24-29(25-23-28)33-20-12-13-21-34(33)37-43-45-46-48(37)40(30-14-6-3-7-15-30,31-16-8-4-9-17-31)32-18-10-5-11-19-32/h3-25,27H,26H2,1-2H3. The zero-order valence-corrected chi connectivity index (χ0v) is 28.8. The van der Waals surface area contributed by atoms with E-state index in [2.05, 4.69) is 57.9 Å². The molecule has 0 spiro atoms. The fourth-order valence-corrected chi connectivity index (χ4v) is 6.63. The molecule has 0 aliphatic rings. The lowest BCUT2D eigenvalue weighted by atomic mass is 9.77. The molecule has 7 aromatic rings. The molecule has 0 aliphatic carbocycles. The Morgan fingerprint density at radius 1 is 0.680 bits per heavy atom. The minimum Gasteiger partial charge on any atom is -0.473 e. The highest BCUT2D eigenvalue weighted by atomic mass is 35.5. The van der Waals surface area contributed by atoms with Gasteiger partial charge in [0.2, 0.25) is 0 Å². The van der Waals surface area contributed by atoms with E-state index in [-0.39, 0.29) is 28.6 Å². The predicted octanol–water partition coefficient (Wildman–Crippen LogP) is 8.55. The second kappa shape index (κ2) is 14.1. The molecule has 2 heterocycles. The Morgan fingerprint density at radius 2 is 1.20 bits per heavy atom. The van der Waals surface area contributed by atoms with E-state index in [4.69, 9.17) is 33.2 Å². The second-order valence-corrected chi connectivity index (χ2v) is 12.8. The average molecular weight is 700 g/mol. The van der Waals surface area contributed by atoms with Gasteiger partial charge in [0.1, 0.15) is 15.6 Å². The Hall–Kier alpha value is -5.57. The fraction of sp³-hybridized carbons (Fsp3) is 0.125. The van der Waals surface area contributed by atoms with Gasteiger partial charge in [-0.25, -0.2) is 9.36 Å². The second-order valence-electron chi connectivity index (χ2n) is 12.0. The number of ether oxygens (including phenoxy) is 1. The van der Waals surface area contributed by atoms with Gasteiger partial charge < -0.3 is 4.74 Å². The van der Waals surface area contributed by atoms with E-state index in [1.165, 1.54) is 4.68 Å². The van der Waals surface area contributed by atoms with Gasteiger partial charge in [-0.05, 0) is 57.7 Å². The summed E-state index contributed by atoms with van der Waals surface area (Å²) in [5, 5.41) is 17.9. The number of aromatic nitrogens is 6. The minimum absolute atomic E-state index is 0.00623. The van der Waals surface area contributed by atoms with Crippen LogP contribution < -0.4 is 10.3 Å². The molecule has 0 unspecified atom stereocenters. The van der Waals surface area contributed by atoms with E-state index >= 15 is 0 Å². The van der Waals surface area contributed by atoms with Crippen LogP contribution in [0.25, 0.3) is 22.5 Å². The highest BCUT2D eigenvalue weighted by Crippen LogP contribution is 2.43. The van der Waals surface area contributed by atoms with Gasteiger partial charge in [0.05, 0.1) is 12.6 Å². The Bertz CT molecular complexity index is 2190. The van der Waals surface area contributed by atoms with Gasteiger partial charge in [0.15, 0.2) is 5.82 Å². The molecule has 8 nitrogen and oxygen atoms in total. The largest absolute Gasteiger partial charge is 0.473 e. The highest BCUT2D eigenvalue weighted by Gasteiger charge is 2.42. The highest BCUT2D eigenvalue weighted by molar-refractivity contribution is 6.42. The van der Waals surface area contributed by atoms with Crippen molar-refractivity contribution in [1.82, 2.24) is 30.0 Å². The third-order valence-electron chi connectivity index (χ3n) is 8.49. The molecule has 0 bridgehead atoms. The summed E-state index contributed by atoms with van der Waals surface area (Å²) >= 11 is 12.5. The van der Waals surface area contributed by atoms with Crippen LogP contribution in [0, 0.1) is 0 Å². The minimum atomic E-state index is -0.891. The number of hydrogen-bond acceptors (Lipinski definition) is 6. The molecule has 0 atom stereocenters. The van der Waals surface area contributed by atoms with Crippen molar-refractivity contribution >= 4 is 23.2 Å². The molecular weight excluding hydrogens is 667 g/mol. The summed E-state index contributed by atoms with van der Waals surface area (Å²) in [5.74, 6) is 0.720. The van der Waals surface area contributed by atoms with Crippen molar-refractivity contribution in [3.8, 4) is 28.4 Å². The first-order valence-electron chi connectivity index (χ1n) is 16.1. The Morgan fingerprint density at radius 3 is 1.74 bits per heavy atom. The Kier molecular flexibility index (Phi) is 9.30. The summed E-state index contributed by atoms with van der Waals surface area (Å²) in [7, 11) is 0. The van der Waals surface area contributed by atoms with Crippen LogP contribution in [0.5, 0.6) is 5.88 Å². The number of hydrogen-bond donors (Lipinski definition) is 0. The lowest BCUT2D eigenvalue weighted by Gasteiger charge is -2.36. The van der Waals surface area contributed by atoms with E-state index < -0.39 is 11.1 Å². The first kappa shape index (κ1) is 33.0. The van der Waals surface area contributed by atoms with Crippen molar-refractivity contribution in [3.63, 3.8) is 0 Å². The van der Waals surface area contributed by atoms with Crippen molar-refractivity contribution in [2.45, 2.75) is 32.0 Å². The molecule has 5 aromatic carbocycles. The van der Waals surface area contributed by atoms with Crippen LogP contribution in [0.2, 0.25) is 10.0 Å². The number of halogens is 2. The summed E-state index contributed by atoms with van der Waals surface area (Å²) in [4.78, 5) is 12.9. The molecule has 10 heteroatoms. The van der Waals surface area contributed by atoms with Crippen LogP contribution >= 0.6 is 23.2 Å². The van der Waals surface area contributed by atoms with E-state index in [9.17, 15) is 4.79 Å². The zero-order valence-electron chi connectivity index (χ0n) is 27.3. The number of nitrogens with zero attached hydrogens (tertiary/aromatic N) is 6. The van der Waals surface area contributed by atoms with Crippen LogP contribution in [0.4, 0.5) is 0 Å². The summed E-state index contributed by atoms with van der Waals surface area (Å²) in [6.07, 6.45) is -0.194. The smallest absolute Gasteiger partial charge is 0.287 e. The van der Waals surface area contributed by atoms with E-state index in [1.807, 2.05) is 116 Å². The number of rotatable bonds is 10. The summed E-state index contributed by atoms with van der Waals surface area (Å²) in [5.41, 5.74) is 5.25. The first-order valence-corrected chi connectivity index (χ1v) is 16.9. The molecule has 0 N–H and O–H groups in total. The van der Waals surface area contributed by atoms with Crippen LogP contribution in [0.1, 0.15) is 36.1 Å². The van der Waals surface area contributed by atoms with E-state index in [0.29, 0.717) is 5.82 Å². The maximum absolute atomic E-state index is 12.9. The van der Waals surface area contributed by atoms with Crippen molar-refractivity contribution in [2.24, 2.45) is 0 Å². The molecule has 0 saturated heterocycles. The molecule has 7 rings (SSSR count). The summed E-state index contributed by atoms with van der Waals surface area (Å²) in [6, 6.07) is 46.9. The van der Waals surface area contributed by atoms with Crippen LogP contribution in [-0.4, -0.2) is 36.1 Å². The maximum Gasteiger partial charge on any atom is 0.287 e. The van der Waals surface area contributed by atoms with Gasteiger partial charge in [-0.3, -0.25) is 4.79 Å². The topological polar surface area (TPSA) is 87.7 Å². The quantitative estimate of drug-likeness (QED) is 0.133. The molecular formula is C40H32Cl2N6O2. The number of benzene rings is 5. The summed E-state index contributed by atoms with van der Waals surface area (Å²) < 4.78 is 8.89. The van der Waals surface area contributed by atoms with Crippen LogP contribution in [-0.2, 0) is 12.1 Å². The molecule has 0 saturated carbocycles. The zero-order chi connectivity index (χ0) is 34.7. The van der Waals surface area contributed by atoms with Gasteiger partial charge in [0.25, 0.3) is 11.4 Å². The molecule has 0 aliphatic heterocycles. The van der Waals surface area contributed by atoms with Gasteiger partial charge in [-0.15, -0.1) is 10.2 Å². The fourth-order valence-electron chi connectivity index (χ4n) is 6.28. The Balaban J connectivity index is 1.33. The first-order chi connectivity index (χ1) is 24.4. The monoisotopic (exact) mass is 698 g/mol. The lowest BCUT2D eigenvalue weighted by Crippen LogP contribution is -2.39. The van der Waals surface area contributed by atoms with Gasteiger partial charge in [-0.2, -0.15) is 0 Å². The molecule has 2 aromatic heterocycles. The van der Waals surface area contributed by atoms with E-state index in [0.717, 1.165) is 38.9 Å². The van der Waals surface area contributed by atoms with Gasteiger partial charge in [0, 0.05) is 5.56 Å². The molecule has 0 amide bonds. The normalized spacial score (nSPS) is 11.5. The van der Waals surface area contributed by atoms with Crippen molar-refractivity contribution < 1.29 is 4.74 Å². The molecule has 50 heavy (non-hydrogen) atoms. The lowest BCUT2D eigenvalue weighted by molar-refractivity contribution is 0.226. The number of tetrazole rings is 1. The van der Waals surface area contributed by atoms with E-state index in [1.54, 1.807) is 0 Å². The van der Waals surface area contributed by atoms with Gasteiger partial charge >= 0.3 is 0 Å². The third kappa shape index (κ3) is 6.08.